The predicted molar refractivity (Wildman–Crippen MR) is 86.5 cm³/mol. The van der Waals surface area contributed by atoms with Crippen LogP contribution in [0.5, 0.6) is 0 Å². The zero-order valence-corrected chi connectivity index (χ0v) is 13.5. The fraction of sp³-hybridized carbons (Fsp3) is 0.125. The van der Waals surface area contributed by atoms with Gasteiger partial charge in [-0.25, -0.2) is 9.18 Å². The molecular formula is C16H12Cl2FNO3. The summed E-state index contributed by atoms with van der Waals surface area (Å²) in [4.78, 5) is 23.6. The fourth-order valence-corrected chi connectivity index (χ4v) is 2.12. The van der Waals surface area contributed by atoms with Crippen molar-refractivity contribution in [2.45, 2.75) is 6.92 Å². The van der Waals surface area contributed by atoms with Crippen molar-refractivity contribution in [3.63, 3.8) is 0 Å². The molecular weight excluding hydrogens is 344 g/mol. The zero-order valence-electron chi connectivity index (χ0n) is 12.0. The molecule has 0 unspecified atom stereocenters. The van der Waals surface area contributed by atoms with Gasteiger partial charge in [-0.05, 0) is 42.8 Å². The number of hydrogen-bond acceptors (Lipinski definition) is 3. The Kier molecular flexibility index (Phi) is 5.58. The maximum atomic E-state index is 13.0. The number of carbonyl (C=O) groups excluding carboxylic acids is 2. The molecule has 0 aliphatic rings. The van der Waals surface area contributed by atoms with Gasteiger partial charge in [0.1, 0.15) is 5.82 Å². The molecule has 7 heteroatoms. The summed E-state index contributed by atoms with van der Waals surface area (Å²) >= 11 is 11.5. The number of esters is 1. The first-order valence-corrected chi connectivity index (χ1v) is 7.31. The van der Waals surface area contributed by atoms with Crippen molar-refractivity contribution >= 4 is 40.8 Å². The molecule has 0 saturated heterocycles. The van der Waals surface area contributed by atoms with Gasteiger partial charge in [0.2, 0.25) is 0 Å². The van der Waals surface area contributed by atoms with E-state index < -0.39 is 24.3 Å². The Morgan fingerprint density at radius 2 is 1.91 bits per heavy atom. The fourth-order valence-electron chi connectivity index (χ4n) is 1.77. The summed E-state index contributed by atoms with van der Waals surface area (Å²) in [7, 11) is 0. The van der Waals surface area contributed by atoms with E-state index in [0.29, 0.717) is 16.3 Å². The highest BCUT2D eigenvalue weighted by Gasteiger charge is 2.13. The van der Waals surface area contributed by atoms with E-state index in [-0.39, 0.29) is 10.6 Å². The zero-order chi connectivity index (χ0) is 17.0. The van der Waals surface area contributed by atoms with Crippen molar-refractivity contribution in [2.24, 2.45) is 0 Å². The maximum absolute atomic E-state index is 13.0. The van der Waals surface area contributed by atoms with Gasteiger partial charge in [0.25, 0.3) is 5.91 Å². The number of rotatable bonds is 4. The van der Waals surface area contributed by atoms with Crippen LogP contribution in [-0.4, -0.2) is 18.5 Å². The number of anilines is 1. The maximum Gasteiger partial charge on any atom is 0.338 e. The van der Waals surface area contributed by atoms with Crippen LogP contribution in [0.2, 0.25) is 10.0 Å². The van der Waals surface area contributed by atoms with Crippen molar-refractivity contribution in [3.05, 3.63) is 63.4 Å². The molecule has 0 spiro atoms. The number of halogens is 3. The largest absolute Gasteiger partial charge is 0.452 e. The van der Waals surface area contributed by atoms with Crippen LogP contribution in [0.25, 0.3) is 0 Å². The van der Waals surface area contributed by atoms with E-state index in [4.69, 9.17) is 27.9 Å². The van der Waals surface area contributed by atoms with E-state index >= 15 is 0 Å². The molecule has 2 rings (SSSR count). The number of nitrogens with one attached hydrogen (secondary N) is 1. The SMILES string of the molecule is Cc1c(Cl)cccc1NC(=O)COC(=O)c1ccc(F)c(Cl)c1. The van der Waals surface area contributed by atoms with Crippen LogP contribution in [0, 0.1) is 12.7 Å². The van der Waals surface area contributed by atoms with Crippen molar-refractivity contribution in [1.82, 2.24) is 0 Å². The Hall–Kier alpha value is -2.11. The minimum Gasteiger partial charge on any atom is -0.452 e. The molecule has 1 amide bonds. The Morgan fingerprint density at radius 1 is 1.17 bits per heavy atom. The second kappa shape index (κ2) is 7.44. The molecule has 2 aromatic rings. The first-order chi connectivity index (χ1) is 10.9. The Bertz CT molecular complexity index is 765. The number of amides is 1. The molecule has 23 heavy (non-hydrogen) atoms. The van der Waals surface area contributed by atoms with Crippen molar-refractivity contribution in [2.75, 3.05) is 11.9 Å². The van der Waals surface area contributed by atoms with Crippen LogP contribution in [0.1, 0.15) is 15.9 Å². The quantitative estimate of drug-likeness (QED) is 0.834. The predicted octanol–water partition coefficient (Wildman–Crippen LogP) is 4.24. The van der Waals surface area contributed by atoms with Gasteiger partial charge < -0.3 is 10.1 Å². The van der Waals surface area contributed by atoms with E-state index in [9.17, 15) is 14.0 Å². The lowest BCUT2D eigenvalue weighted by atomic mass is 10.2. The number of benzene rings is 2. The van der Waals surface area contributed by atoms with Crippen LogP contribution in [0.4, 0.5) is 10.1 Å². The lowest BCUT2D eigenvalue weighted by Gasteiger charge is -2.10. The molecule has 1 N–H and O–H groups in total. The normalized spacial score (nSPS) is 10.3. The van der Waals surface area contributed by atoms with Crippen LogP contribution in [-0.2, 0) is 9.53 Å². The molecule has 0 saturated carbocycles. The highest BCUT2D eigenvalue weighted by Crippen LogP contribution is 2.22. The lowest BCUT2D eigenvalue weighted by molar-refractivity contribution is -0.119. The third-order valence-electron chi connectivity index (χ3n) is 3.03. The number of ether oxygens (including phenoxy) is 1. The second-order valence-corrected chi connectivity index (χ2v) is 5.48. The summed E-state index contributed by atoms with van der Waals surface area (Å²) in [6.07, 6.45) is 0. The second-order valence-electron chi connectivity index (χ2n) is 4.67. The molecule has 4 nitrogen and oxygen atoms in total. The van der Waals surface area contributed by atoms with E-state index in [2.05, 4.69) is 5.32 Å². The first-order valence-electron chi connectivity index (χ1n) is 6.55. The molecule has 0 aliphatic heterocycles. The van der Waals surface area contributed by atoms with Crippen molar-refractivity contribution in [1.29, 1.82) is 0 Å². The van der Waals surface area contributed by atoms with Crippen LogP contribution in [0.3, 0.4) is 0 Å². The van der Waals surface area contributed by atoms with Gasteiger partial charge in [-0.1, -0.05) is 29.3 Å². The van der Waals surface area contributed by atoms with Crippen molar-refractivity contribution in [3.8, 4) is 0 Å². The lowest BCUT2D eigenvalue weighted by Crippen LogP contribution is -2.21. The summed E-state index contributed by atoms with van der Waals surface area (Å²) in [5.41, 5.74) is 1.30. The van der Waals surface area contributed by atoms with Crippen LogP contribution >= 0.6 is 23.2 Å². The van der Waals surface area contributed by atoms with Gasteiger partial charge in [0.05, 0.1) is 10.6 Å². The molecule has 0 fully saturated rings. The minimum atomic E-state index is -0.773. The van der Waals surface area contributed by atoms with Gasteiger partial charge in [-0.15, -0.1) is 0 Å². The van der Waals surface area contributed by atoms with Gasteiger partial charge in [-0.3, -0.25) is 4.79 Å². The number of carbonyl (C=O) groups is 2. The molecule has 0 radical (unpaired) electrons. The molecule has 0 heterocycles. The summed E-state index contributed by atoms with van der Waals surface area (Å²) in [6, 6.07) is 8.48. The Morgan fingerprint density at radius 3 is 2.61 bits per heavy atom. The van der Waals surface area contributed by atoms with Crippen LogP contribution < -0.4 is 5.32 Å². The molecule has 0 atom stereocenters. The highest BCUT2D eigenvalue weighted by atomic mass is 35.5. The smallest absolute Gasteiger partial charge is 0.338 e. The molecule has 0 bridgehead atoms. The molecule has 0 aromatic heterocycles. The van der Waals surface area contributed by atoms with Crippen molar-refractivity contribution < 1.29 is 18.7 Å². The third kappa shape index (κ3) is 4.43. The van der Waals surface area contributed by atoms with Gasteiger partial charge >= 0.3 is 5.97 Å². The van der Waals surface area contributed by atoms with Gasteiger partial charge in [0, 0.05) is 10.7 Å². The Labute approximate surface area is 142 Å². The topological polar surface area (TPSA) is 55.4 Å². The van der Waals surface area contributed by atoms with E-state index in [1.807, 2.05) is 0 Å². The summed E-state index contributed by atoms with van der Waals surface area (Å²) in [5, 5.41) is 2.91. The average molecular weight is 356 g/mol. The van der Waals surface area contributed by atoms with Crippen LogP contribution in [0.15, 0.2) is 36.4 Å². The standard InChI is InChI=1S/C16H12Cl2FNO3/c1-9-11(17)3-2-4-14(9)20-15(21)8-23-16(22)10-5-6-13(19)12(18)7-10/h2-7H,8H2,1H3,(H,20,21). The van der Waals surface area contributed by atoms with E-state index in [0.717, 1.165) is 12.1 Å². The summed E-state index contributed by atoms with van der Waals surface area (Å²) < 4.78 is 17.9. The van der Waals surface area contributed by atoms with E-state index in [1.165, 1.54) is 6.07 Å². The molecule has 2 aromatic carbocycles. The van der Waals surface area contributed by atoms with E-state index in [1.54, 1.807) is 25.1 Å². The number of hydrogen-bond donors (Lipinski definition) is 1. The highest BCUT2D eigenvalue weighted by molar-refractivity contribution is 6.32. The minimum absolute atomic E-state index is 0.0585. The molecule has 0 aliphatic carbocycles. The Balaban J connectivity index is 1.94. The summed E-state index contributed by atoms with van der Waals surface area (Å²) in [6.45, 7) is 1.27. The molecule has 120 valence electrons. The van der Waals surface area contributed by atoms with Gasteiger partial charge in [0.15, 0.2) is 6.61 Å². The van der Waals surface area contributed by atoms with Gasteiger partial charge in [-0.2, -0.15) is 0 Å². The first kappa shape index (κ1) is 17.2. The average Bonchev–Trinajstić information content (AvgIpc) is 2.52. The third-order valence-corrected chi connectivity index (χ3v) is 3.73. The monoisotopic (exact) mass is 355 g/mol. The summed E-state index contributed by atoms with van der Waals surface area (Å²) in [5.74, 6) is -1.93.